The van der Waals surface area contributed by atoms with Crippen LogP contribution in [-0.2, 0) is 11.2 Å². The molecule has 162 valence electrons. The zero-order chi connectivity index (χ0) is 21.9. The topological polar surface area (TPSA) is 45.2 Å². The number of nitrogens with zero attached hydrogens (tertiary/aromatic N) is 2. The molecule has 1 N–H and O–H groups in total. The van der Waals surface area contributed by atoms with Crippen LogP contribution in [0.25, 0.3) is 16.7 Å². The fourth-order valence-electron chi connectivity index (χ4n) is 4.89. The Balaban J connectivity index is 1.52. The number of pyridine rings is 1. The van der Waals surface area contributed by atoms with E-state index in [-0.39, 0.29) is 5.91 Å². The molecule has 0 bridgehead atoms. The van der Waals surface area contributed by atoms with E-state index in [1.165, 1.54) is 29.7 Å². The van der Waals surface area contributed by atoms with Gasteiger partial charge in [-0.2, -0.15) is 0 Å². The van der Waals surface area contributed by atoms with Gasteiger partial charge in [0.1, 0.15) is 0 Å². The van der Waals surface area contributed by atoms with E-state index < -0.39 is 0 Å². The number of carbonyl (C=O) groups excluding carboxylic acids is 1. The Morgan fingerprint density at radius 1 is 0.969 bits per heavy atom. The van der Waals surface area contributed by atoms with Crippen LogP contribution in [0.15, 0.2) is 72.6 Å². The molecule has 2 heterocycles. The van der Waals surface area contributed by atoms with Gasteiger partial charge < -0.3 is 10.2 Å². The van der Waals surface area contributed by atoms with Crippen LogP contribution in [0, 0.1) is 0 Å². The summed E-state index contributed by atoms with van der Waals surface area (Å²) in [7, 11) is 0. The predicted molar refractivity (Wildman–Crippen MR) is 132 cm³/mol. The maximum Gasteiger partial charge on any atom is 0.256 e. The molecule has 0 unspecified atom stereocenters. The number of allylic oxidation sites excluding steroid dienone is 1. The van der Waals surface area contributed by atoms with Crippen molar-refractivity contribution in [3.63, 3.8) is 0 Å². The van der Waals surface area contributed by atoms with Gasteiger partial charge in [-0.1, -0.05) is 42.8 Å². The van der Waals surface area contributed by atoms with Gasteiger partial charge >= 0.3 is 0 Å². The third-order valence-corrected chi connectivity index (χ3v) is 6.64. The van der Waals surface area contributed by atoms with Crippen molar-refractivity contribution >= 4 is 22.9 Å². The van der Waals surface area contributed by atoms with Gasteiger partial charge in [0, 0.05) is 36.1 Å². The fraction of sp³-hybridized carbons (Fsp3) is 0.286. The molecule has 1 fully saturated rings. The first-order valence-corrected chi connectivity index (χ1v) is 11.6. The lowest BCUT2D eigenvalue weighted by Crippen LogP contribution is -2.19. The zero-order valence-corrected chi connectivity index (χ0v) is 18.6. The molecule has 0 atom stereocenters. The number of hydrogen-bond donors (Lipinski definition) is 1. The van der Waals surface area contributed by atoms with Gasteiger partial charge in [0.05, 0.1) is 11.9 Å². The van der Waals surface area contributed by atoms with E-state index in [0.29, 0.717) is 0 Å². The molecular formula is C28H29N3O. The van der Waals surface area contributed by atoms with Gasteiger partial charge in [-0.05, 0) is 73.1 Å². The van der Waals surface area contributed by atoms with Crippen molar-refractivity contribution in [3.05, 3.63) is 83.7 Å². The van der Waals surface area contributed by atoms with Crippen molar-refractivity contribution < 1.29 is 4.79 Å². The molecule has 0 radical (unpaired) electrons. The zero-order valence-electron chi connectivity index (χ0n) is 18.6. The van der Waals surface area contributed by atoms with Crippen LogP contribution in [0.1, 0.15) is 43.7 Å². The first-order valence-electron chi connectivity index (χ1n) is 11.6. The Bertz CT molecular complexity index is 1160. The van der Waals surface area contributed by atoms with E-state index in [9.17, 15) is 4.79 Å². The highest BCUT2D eigenvalue weighted by molar-refractivity contribution is 6.26. The lowest BCUT2D eigenvalue weighted by Gasteiger charge is -2.24. The van der Waals surface area contributed by atoms with E-state index in [4.69, 9.17) is 0 Å². The number of anilines is 2. The molecule has 0 spiro atoms. The highest BCUT2D eigenvalue weighted by Crippen LogP contribution is 2.37. The number of para-hydroxylation sites is 1. The molecule has 1 aliphatic heterocycles. The Morgan fingerprint density at radius 3 is 2.56 bits per heavy atom. The smallest absolute Gasteiger partial charge is 0.256 e. The molecule has 4 heteroatoms. The molecular weight excluding hydrogens is 394 g/mol. The summed E-state index contributed by atoms with van der Waals surface area (Å²) >= 11 is 0. The van der Waals surface area contributed by atoms with Crippen molar-refractivity contribution in [2.45, 2.75) is 39.0 Å². The number of nitrogens with one attached hydrogen (secondary N) is 1. The van der Waals surface area contributed by atoms with Crippen LogP contribution in [0.5, 0.6) is 0 Å². The van der Waals surface area contributed by atoms with Crippen molar-refractivity contribution in [2.24, 2.45) is 0 Å². The van der Waals surface area contributed by atoms with Gasteiger partial charge in [0.15, 0.2) is 0 Å². The second-order valence-electron chi connectivity index (χ2n) is 8.65. The average molecular weight is 424 g/mol. The third kappa shape index (κ3) is 4.05. The summed E-state index contributed by atoms with van der Waals surface area (Å²) in [5, 5.41) is 3.11. The molecule has 3 aromatic rings. The number of fused-ring (bicyclic) bond motifs is 1. The maximum absolute atomic E-state index is 13.4. The number of rotatable bonds is 5. The predicted octanol–water partition coefficient (Wildman–Crippen LogP) is 6.10. The lowest BCUT2D eigenvalue weighted by molar-refractivity contribution is -0.111. The second-order valence-corrected chi connectivity index (χ2v) is 8.65. The van der Waals surface area contributed by atoms with Gasteiger partial charge in [-0.15, -0.1) is 0 Å². The van der Waals surface area contributed by atoms with Crippen molar-refractivity contribution in [1.82, 2.24) is 4.98 Å². The quantitative estimate of drug-likeness (QED) is 0.539. The Kier molecular flexibility index (Phi) is 5.76. The molecule has 1 amide bonds. The fourth-order valence-corrected chi connectivity index (χ4v) is 4.89. The van der Waals surface area contributed by atoms with E-state index in [1.807, 2.05) is 42.7 Å². The molecule has 1 saturated heterocycles. The number of hydrogen-bond acceptors (Lipinski definition) is 3. The number of amides is 1. The highest BCUT2D eigenvalue weighted by atomic mass is 16.1. The molecule has 2 aliphatic rings. The number of aryl methyl sites for hydroxylation is 1. The summed E-state index contributed by atoms with van der Waals surface area (Å²) in [6.45, 7) is 4.34. The number of benzene rings is 2. The summed E-state index contributed by atoms with van der Waals surface area (Å²) in [5.41, 5.74) is 8.59. The molecule has 5 rings (SSSR count). The van der Waals surface area contributed by atoms with E-state index in [1.54, 1.807) is 0 Å². The second kappa shape index (κ2) is 8.99. The Labute approximate surface area is 190 Å². The summed E-state index contributed by atoms with van der Waals surface area (Å²) in [4.78, 5) is 20.3. The highest BCUT2D eigenvalue weighted by Gasteiger charge is 2.24. The van der Waals surface area contributed by atoms with Crippen LogP contribution in [-0.4, -0.2) is 24.0 Å². The van der Waals surface area contributed by atoms with Crippen LogP contribution in [0.3, 0.4) is 0 Å². The molecule has 2 aromatic carbocycles. The van der Waals surface area contributed by atoms with Gasteiger partial charge in [-0.3, -0.25) is 9.78 Å². The van der Waals surface area contributed by atoms with Gasteiger partial charge in [-0.25, -0.2) is 0 Å². The lowest BCUT2D eigenvalue weighted by atomic mass is 9.82. The monoisotopic (exact) mass is 423 g/mol. The molecule has 1 aliphatic carbocycles. The van der Waals surface area contributed by atoms with Gasteiger partial charge in [0.2, 0.25) is 0 Å². The molecule has 1 aromatic heterocycles. The first kappa shape index (κ1) is 20.5. The maximum atomic E-state index is 13.4. The van der Waals surface area contributed by atoms with Crippen molar-refractivity contribution in [1.29, 1.82) is 0 Å². The summed E-state index contributed by atoms with van der Waals surface area (Å²) in [5.74, 6) is -0.0184. The Hall–Kier alpha value is -3.40. The van der Waals surface area contributed by atoms with Crippen LogP contribution in [0.4, 0.5) is 11.4 Å². The molecule has 4 nitrogen and oxygen atoms in total. The molecule has 32 heavy (non-hydrogen) atoms. The van der Waals surface area contributed by atoms with Crippen LogP contribution < -0.4 is 10.2 Å². The van der Waals surface area contributed by atoms with E-state index >= 15 is 0 Å². The van der Waals surface area contributed by atoms with Crippen molar-refractivity contribution in [2.75, 3.05) is 23.3 Å². The summed E-state index contributed by atoms with van der Waals surface area (Å²) in [6, 6.07) is 18.5. The minimum atomic E-state index is -0.0184. The largest absolute Gasteiger partial charge is 0.370 e. The number of carbonyl (C=O) groups is 1. The standard InChI is InChI=1S/C28H29N3O/c1-2-20-10-11-21-12-13-22(23-16-25(19-29-18-23)31-14-6-7-15-31)17-26(21)27(20)28(32)30-24-8-4-3-5-9-24/h3-5,8-9,12-13,16-19H,2,6-7,10-11,14-15H2,1H3,(H,30,32). The minimum Gasteiger partial charge on any atom is -0.370 e. The normalized spacial score (nSPS) is 15.6. The minimum absolute atomic E-state index is 0.0184. The summed E-state index contributed by atoms with van der Waals surface area (Å²) < 4.78 is 0. The first-order chi connectivity index (χ1) is 15.7. The molecule has 0 saturated carbocycles. The summed E-state index contributed by atoms with van der Waals surface area (Å²) in [6.07, 6.45) is 9.17. The van der Waals surface area contributed by atoms with E-state index in [2.05, 4.69) is 46.4 Å². The van der Waals surface area contributed by atoms with Crippen LogP contribution in [0.2, 0.25) is 0 Å². The van der Waals surface area contributed by atoms with E-state index in [0.717, 1.165) is 60.3 Å². The number of aromatic nitrogens is 1. The third-order valence-electron chi connectivity index (χ3n) is 6.64. The Morgan fingerprint density at radius 2 is 1.78 bits per heavy atom. The van der Waals surface area contributed by atoms with Crippen molar-refractivity contribution in [3.8, 4) is 11.1 Å². The van der Waals surface area contributed by atoms with Crippen LogP contribution >= 0.6 is 0 Å². The SMILES string of the molecule is CCC1=C(C(=O)Nc2ccccc2)c2cc(-c3cncc(N4CCCC4)c3)ccc2CC1. The average Bonchev–Trinajstić information content (AvgIpc) is 3.39. The van der Waals surface area contributed by atoms with Gasteiger partial charge in [0.25, 0.3) is 5.91 Å².